The van der Waals surface area contributed by atoms with Crippen LogP contribution in [0.25, 0.3) is 5.69 Å². The van der Waals surface area contributed by atoms with E-state index in [1.807, 2.05) is 25.1 Å². The number of halogens is 1. The fourth-order valence-electron chi connectivity index (χ4n) is 2.42. The van der Waals surface area contributed by atoms with Crippen molar-refractivity contribution in [1.82, 2.24) is 15.1 Å². The second kappa shape index (κ2) is 6.76. The average Bonchev–Trinajstić information content (AvgIpc) is 2.95. The third kappa shape index (κ3) is 3.41. The number of aromatic hydroxyl groups is 1. The minimum Gasteiger partial charge on any atom is -0.508 e. The summed E-state index contributed by atoms with van der Waals surface area (Å²) in [6.45, 7) is 2.17. The highest BCUT2D eigenvalue weighted by atomic mass is 35.5. The van der Waals surface area contributed by atoms with Gasteiger partial charge in [0.15, 0.2) is 0 Å². The smallest absolute Gasteiger partial charge is 0.255 e. The fraction of sp³-hybridized carbons (Fsp3) is 0.111. The van der Waals surface area contributed by atoms with E-state index in [-0.39, 0.29) is 11.7 Å². The van der Waals surface area contributed by atoms with Gasteiger partial charge < -0.3 is 10.4 Å². The number of hydrogen-bond acceptors (Lipinski definition) is 3. The summed E-state index contributed by atoms with van der Waals surface area (Å²) in [7, 11) is 0. The van der Waals surface area contributed by atoms with Gasteiger partial charge in [-0.2, -0.15) is 5.10 Å². The van der Waals surface area contributed by atoms with Crippen molar-refractivity contribution in [3.05, 3.63) is 76.6 Å². The quantitative estimate of drug-likeness (QED) is 0.763. The van der Waals surface area contributed by atoms with Crippen molar-refractivity contribution in [2.75, 3.05) is 0 Å². The fourth-order valence-corrected chi connectivity index (χ4v) is 2.55. The van der Waals surface area contributed by atoms with E-state index in [0.717, 1.165) is 16.9 Å². The minimum absolute atomic E-state index is 0.175. The Morgan fingerprint density at radius 3 is 2.71 bits per heavy atom. The molecule has 6 heteroatoms. The molecule has 0 saturated carbocycles. The zero-order valence-corrected chi connectivity index (χ0v) is 13.8. The zero-order chi connectivity index (χ0) is 17.1. The van der Waals surface area contributed by atoms with Crippen molar-refractivity contribution in [3.63, 3.8) is 0 Å². The predicted octanol–water partition coefficient (Wildman–Crippen LogP) is 3.47. The molecule has 0 atom stereocenters. The van der Waals surface area contributed by atoms with Crippen LogP contribution in [0.15, 0.2) is 54.7 Å². The Bertz CT molecular complexity index is 872. The summed E-state index contributed by atoms with van der Waals surface area (Å²) in [6.07, 6.45) is 1.54. The van der Waals surface area contributed by atoms with Crippen LogP contribution < -0.4 is 5.32 Å². The van der Waals surface area contributed by atoms with Crippen molar-refractivity contribution in [2.45, 2.75) is 13.5 Å². The minimum atomic E-state index is -0.212. The van der Waals surface area contributed by atoms with Crippen LogP contribution in [0.5, 0.6) is 5.75 Å². The van der Waals surface area contributed by atoms with Crippen molar-refractivity contribution in [3.8, 4) is 11.4 Å². The number of phenolic OH excluding ortho intramolecular Hbond substituents is 1. The van der Waals surface area contributed by atoms with Gasteiger partial charge in [-0.25, -0.2) is 4.68 Å². The maximum absolute atomic E-state index is 12.4. The van der Waals surface area contributed by atoms with Gasteiger partial charge in [0, 0.05) is 11.6 Å². The lowest BCUT2D eigenvalue weighted by molar-refractivity contribution is 0.0950. The first-order valence-corrected chi connectivity index (χ1v) is 7.79. The van der Waals surface area contributed by atoms with E-state index < -0.39 is 0 Å². The second-order valence-electron chi connectivity index (χ2n) is 5.38. The monoisotopic (exact) mass is 341 g/mol. The highest BCUT2D eigenvalue weighted by molar-refractivity contribution is 6.30. The van der Waals surface area contributed by atoms with Gasteiger partial charge in [0.05, 0.1) is 23.1 Å². The molecule has 5 nitrogen and oxygen atoms in total. The molecule has 3 aromatic rings. The van der Waals surface area contributed by atoms with Gasteiger partial charge in [0.1, 0.15) is 5.75 Å². The van der Waals surface area contributed by atoms with Gasteiger partial charge in [-0.1, -0.05) is 23.7 Å². The van der Waals surface area contributed by atoms with Gasteiger partial charge in [0.25, 0.3) is 5.91 Å². The molecule has 0 bridgehead atoms. The zero-order valence-electron chi connectivity index (χ0n) is 13.0. The Balaban J connectivity index is 1.75. The van der Waals surface area contributed by atoms with Gasteiger partial charge >= 0.3 is 0 Å². The third-order valence-electron chi connectivity index (χ3n) is 3.69. The van der Waals surface area contributed by atoms with Crippen molar-refractivity contribution < 1.29 is 9.90 Å². The lowest BCUT2D eigenvalue weighted by Crippen LogP contribution is -2.23. The van der Waals surface area contributed by atoms with Crippen LogP contribution in [0.1, 0.15) is 21.6 Å². The van der Waals surface area contributed by atoms with E-state index in [2.05, 4.69) is 10.4 Å². The van der Waals surface area contributed by atoms with Gasteiger partial charge in [0.2, 0.25) is 0 Å². The van der Waals surface area contributed by atoms with Crippen molar-refractivity contribution >= 4 is 17.5 Å². The Morgan fingerprint density at radius 2 is 2.00 bits per heavy atom. The molecule has 0 spiro atoms. The van der Waals surface area contributed by atoms with E-state index in [1.165, 1.54) is 0 Å². The summed E-state index contributed by atoms with van der Waals surface area (Å²) in [6, 6.07) is 14.0. The maximum atomic E-state index is 12.4. The summed E-state index contributed by atoms with van der Waals surface area (Å²) in [5.41, 5.74) is 2.91. The highest BCUT2D eigenvalue weighted by Crippen LogP contribution is 2.17. The largest absolute Gasteiger partial charge is 0.508 e. The van der Waals surface area contributed by atoms with E-state index in [9.17, 15) is 9.90 Å². The van der Waals surface area contributed by atoms with Crippen LogP contribution >= 0.6 is 11.6 Å². The summed E-state index contributed by atoms with van der Waals surface area (Å²) in [5, 5.41) is 17.2. The van der Waals surface area contributed by atoms with E-state index in [1.54, 1.807) is 41.2 Å². The molecule has 0 saturated heterocycles. The molecule has 0 fully saturated rings. The molecule has 3 rings (SSSR count). The third-order valence-corrected chi connectivity index (χ3v) is 3.94. The molecule has 1 heterocycles. The predicted molar refractivity (Wildman–Crippen MR) is 92.6 cm³/mol. The number of benzene rings is 2. The SMILES string of the molecule is Cc1c(C(=O)NCc2cccc(O)c2)cnn1-c1ccc(Cl)cc1. The first-order chi connectivity index (χ1) is 11.5. The average molecular weight is 342 g/mol. The van der Waals surface area contributed by atoms with E-state index in [4.69, 9.17) is 11.6 Å². The number of nitrogens with one attached hydrogen (secondary N) is 1. The van der Waals surface area contributed by atoms with Gasteiger partial charge in [-0.15, -0.1) is 0 Å². The van der Waals surface area contributed by atoms with E-state index >= 15 is 0 Å². The van der Waals surface area contributed by atoms with Gasteiger partial charge in [-0.05, 0) is 48.9 Å². The lowest BCUT2D eigenvalue weighted by Gasteiger charge is -2.07. The number of hydrogen-bond donors (Lipinski definition) is 2. The number of rotatable bonds is 4. The summed E-state index contributed by atoms with van der Waals surface area (Å²) in [4.78, 5) is 12.4. The topological polar surface area (TPSA) is 67.2 Å². The molecular formula is C18H16ClN3O2. The van der Waals surface area contributed by atoms with Crippen molar-refractivity contribution in [1.29, 1.82) is 0 Å². The Kier molecular flexibility index (Phi) is 4.53. The normalized spacial score (nSPS) is 10.6. The number of amides is 1. The molecule has 0 aliphatic heterocycles. The maximum Gasteiger partial charge on any atom is 0.255 e. The number of nitrogens with zero attached hydrogens (tertiary/aromatic N) is 2. The molecule has 122 valence electrons. The number of phenols is 1. The summed E-state index contributed by atoms with van der Waals surface area (Å²) >= 11 is 5.89. The summed E-state index contributed by atoms with van der Waals surface area (Å²) < 4.78 is 1.69. The molecule has 0 unspecified atom stereocenters. The van der Waals surface area contributed by atoms with Gasteiger partial charge in [-0.3, -0.25) is 4.79 Å². The summed E-state index contributed by atoms with van der Waals surface area (Å²) in [5.74, 6) is -0.0375. The Hall–Kier alpha value is -2.79. The van der Waals surface area contributed by atoms with Crippen LogP contribution in [0.3, 0.4) is 0 Å². The number of carbonyl (C=O) groups is 1. The van der Waals surface area contributed by atoms with Crippen molar-refractivity contribution in [2.24, 2.45) is 0 Å². The van der Waals surface area contributed by atoms with E-state index in [0.29, 0.717) is 17.1 Å². The standard InChI is InChI=1S/C18H16ClN3O2/c1-12-17(11-21-22(12)15-7-5-14(19)6-8-15)18(24)20-10-13-3-2-4-16(23)9-13/h2-9,11,23H,10H2,1H3,(H,20,24). The number of carbonyl (C=O) groups excluding carboxylic acids is 1. The van der Waals surface area contributed by atoms with Crippen LogP contribution in [-0.2, 0) is 6.54 Å². The molecule has 1 aromatic heterocycles. The molecule has 0 aliphatic carbocycles. The molecule has 1 amide bonds. The van der Waals surface area contributed by atoms with Crippen LogP contribution in [0.2, 0.25) is 5.02 Å². The van der Waals surface area contributed by atoms with Crippen LogP contribution in [-0.4, -0.2) is 20.8 Å². The highest BCUT2D eigenvalue weighted by Gasteiger charge is 2.15. The van der Waals surface area contributed by atoms with Crippen LogP contribution in [0, 0.1) is 6.92 Å². The Morgan fingerprint density at radius 1 is 1.25 bits per heavy atom. The van der Waals surface area contributed by atoms with Crippen LogP contribution in [0.4, 0.5) is 0 Å². The molecule has 0 radical (unpaired) electrons. The lowest BCUT2D eigenvalue weighted by atomic mass is 10.2. The molecule has 0 aliphatic rings. The first kappa shape index (κ1) is 16.1. The second-order valence-corrected chi connectivity index (χ2v) is 5.82. The Labute approximate surface area is 144 Å². The molecule has 24 heavy (non-hydrogen) atoms. The molecule has 2 N–H and O–H groups in total. The first-order valence-electron chi connectivity index (χ1n) is 7.41. The number of aromatic nitrogens is 2. The molecule has 2 aromatic carbocycles. The molecular weight excluding hydrogens is 326 g/mol.